The van der Waals surface area contributed by atoms with E-state index >= 15 is 0 Å². The molecule has 24 heavy (non-hydrogen) atoms. The van der Waals surface area contributed by atoms with Gasteiger partial charge in [0.25, 0.3) is 5.91 Å². The highest BCUT2D eigenvalue weighted by atomic mass is 16.3. The van der Waals surface area contributed by atoms with Crippen LogP contribution in [0.2, 0.25) is 0 Å². The molecular formula is C20H24N2O2. The maximum absolute atomic E-state index is 12.0. The minimum Gasteiger partial charge on any atom is -0.395 e. The van der Waals surface area contributed by atoms with Crippen LogP contribution in [-0.4, -0.2) is 30.2 Å². The Labute approximate surface area is 142 Å². The van der Waals surface area contributed by atoms with E-state index in [1.807, 2.05) is 24.3 Å². The summed E-state index contributed by atoms with van der Waals surface area (Å²) < 4.78 is 0. The lowest BCUT2D eigenvalue weighted by Gasteiger charge is -2.20. The van der Waals surface area contributed by atoms with Gasteiger partial charge in [-0.2, -0.15) is 0 Å². The monoisotopic (exact) mass is 324 g/mol. The highest BCUT2D eigenvalue weighted by Gasteiger charge is 2.31. The molecule has 1 aliphatic rings. The Morgan fingerprint density at radius 2 is 1.92 bits per heavy atom. The van der Waals surface area contributed by atoms with Crippen LogP contribution in [0.1, 0.15) is 28.8 Å². The summed E-state index contributed by atoms with van der Waals surface area (Å²) in [4.78, 5) is 12.0. The molecule has 1 fully saturated rings. The first-order valence-electron chi connectivity index (χ1n) is 8.56. The topological polar surface area (TPSA) is 61.4 Å². The smallest absolute Gasteiger partial charge is 0.251 e. The molecule has 0 aliphatic heterocycles. The molecule has 0 heterocycles. The van der Waals surface area contributed by atoms with Gasteiger partial charge >= 0.3 is 0 Å². The van der Waals surface area contributed by atoms with Gasteiger partial charge in [-0.05, 0) is 48.9 Å². The fourth-order valence-corrected chi connectivity index (χ4v) is 2.94. The van der Waals surface area contributed by atoms with Crippen LogP contribution in [0, 0.1) is 5.92 Å². The fraction of sp³-hybridized carbons (Fsp3) is 0.350. The summed E-state index contributed by atoms with van der Waals surface area (Å²) in [7, 11) is 0. The number of nitrogens with one attached hydrogen (secondary N) is 2. The van der Waals surface area contributed by atoms with E-state index in [-0.39, 0.29) is 19.1 Å². The molecule has 1 aliphatic carbocycles. The second-order valence-electron chi connectivity index (χ2n) is 6.34. The van der Waals surface area contributed by atoms with Gasteiger partial charge in [0.05, 0.1) is 6.61 Å². The summed E-state index contributed by atoms with van der Waals surface area (Å²) >= 11 is 0. The Bertz CT molecular complexity index is 668. The Balaban J connectivity index is 1.67. The molecule has 1 atom stereocenters. The van der Waals surface area contributed by atoms with Gasteiger partial charge in [-0.15, -0.1) is 0 Å². The average molecular weight is 324 g/mol. The molecule has 0 aromatic heterocycles. The zero-order chi connectivity index (χ0) is 16.8. The first-order valence-corrected chi connectivity index (χ1v) is 8.56. The van der Waals surface area contributed by atoms with Crippen LogP contribution in [0.15, 0.2) is 54.6 Å². The van der Waals surface area contributed by atoms with Crippen LogP contribution in [0.25, 0.3) is 0 Å². The summed E-state index contributed by atoms with van der Waals surface area (Å²) in [6.45, 7) is 0.222. The molecule has 4 nitrogen and oxygen atoms in total. The van der Waals surface area contributed by atoms with Gasteiger partial charge in [0, 0.05) is 23.8 Å². The van der Waals surface area contributed by atoms with Crippen molar-refractivity contribution in [2.24, 2.45) is 5.92 Å². The van der Waals surface area contributed by atoms with E-state index in [9.17, 15) is 4.79 Å². The van der Waals surface area contributed by atoms with Gasteiger partial charge in [-0.1, -0.05) is 36.4 Å². The van der Waals surface area contributed by atoms with Crippen molar-refractivity contribution in [3.05, 3.63) is 65.7 Å². The standard InChI is InChI=1S/C20H24N2O2/c23-12-11-21-20(24)17-7-4-8-18(14-17)22-19(16-9-10-16)13-15-5-2-1-3-6-15/h1-8,14,16,19,22-23H,9-13H2,(H,21,24). The molecule has 1 saturated carbocycles. The van der Waals surface area contributed by atoms with Gasteiger partial charge < -0.3 is 15.7 Å². The van der Waals surface area contributed by atoms with Gasteiger partial charge in [0.2, 0.25) is 0 Å². The zero-order valence-electron chi connectivity index (χ0n) is 13.7. The van der Waals surface area contributed by atoms with Gasteiger partial charge in [-0.3, -0.25) is 4.79 Å². The number of aliphatic hydroxyl groups is 1. The Hall–Kier alpha value is -2.33. The van der Waals surface area contributed by atoms with Crippen molar-refractivity contribution in [1.82, 2.24) is 5.32 Å². The molecule has 1 unspecified atom stereocenters. The second-order valence-corrected chi connectivity index (χ2v) is 6.34. The minimum absolute atomic E-state index is 0.0511. The molecule has 4 heteroatoms. The lowest BCUT2D eigenvalue weighted by atomic mass is 10.0. The normalized spacial score (nSPS) is 14.9. The molecule has 3 N–H and O–H groups in total. The van der Waals surface area contributed by atoms with Crippen molar-refractivity contribution in [3.63, 3.8) is 0 Å². The van der Waals surface area contributed by atoms with Crippen LogP contribution in [0.4, 0.5) is 5.69 Å². The molecule has 126 valence electrons. The molecule has 1 amide bonds. The molecule has 0 radical (unpaired) electrons. The second kappa shape index (κ2) is 7.97. The van der Waals surface area contributed by atoms with E-state index in [2.05, 4.69) is 34.9 Å². The maximum Gasteiger partial charge on any atom is 0.251 e. The molecule has 3 rings (SSSR count). The Kier molecular flexibility index (Phi) is 5.49. The molecule has 2 aromatic carbocycles. The predicted molar refractivity (Wildman–Crippen MR) is 96.1 cm³/mol. The van der Waals surface area contributed by atoms with Crippen molar-refractivity contribution < 1.29 is 9.90 Å². The van der Waals surface area contributed by atoms with Crippen molar-refractivity contribution in [2.45, 2.75) is 25.3 Å². The fourth-order valence-electron chi connectivity index (χ4n) is 2.94. The van der Waals surface area contributed by atoms with E-state index in [1.165, 1.54) is 18.4 Å². The lowest BCUT2D eigenvalue weighted by molar-refractivity contribution is 0.0945. The van der Waals surface area contributed by atoms with Gasteiger partial charge in [0.1, 0.15) is 0 Å². The summed E-state index contributed by atoms with van der Waals surface area (Å²) in [6.07, 6.45) is 3.52. The predicted octanol–water partition coefficient (Wildman–Crippen LogP) is 2.84. The van der Waals surface area contributed by atoms with Crippen molar-refractivity contribution in [1.29, 1.82) is 0 Å². The van der Waals surface area contributed by atoms with E-state index in [0.29, 0.717) is 17.5 Å². The van der Waals surface area contributed by atoms with Crippen LogP contribution in [0.5, 0.6) is 0 Å². The first kappa shape index (κ1) is 16.5. The summed E-state index contributed by atoms with van der Waals surface area (Å²) in [6, 6.07) is 18.5. The molecule has 0 bridgehead atoms. The van der Waals surface area contributed by atoms with E-state index < -0.39 is 0 Å². The maximum atomic E-state index is 12.0. The number of hydrogen-bond donors (Lipinski definition) is 3. The third kappa shape index (κ3) is 4.59. The van der Waals surface area contributed by atoms with Crippen LogP contribution < -0.4 is 10.6 Å². The molecular weight excluding hydrogens is 300 g/mol. The number of anilines is 1. The van der Waals surface area contributed by atoms with Gasteiger partial charge in [-0.25, -0.2) is 0 Å². The van der Waals surface area contributed by atoms with Crippen LogP contribution >= 0.6 is 0 Å². The van der Waals surface area contributed by atoms with Crippen molar-refractivity contribution in [2.75, 3.05) is 18.5 Å². The van der Waals surface area contributed by atoms with E-state index in [1.54, 1.807) is 6.07 Å². The lowest BCUT2D eigenvalue weighted by Crippen LogP contribution is -2.27. The van der Waals surface area contributed by atoms with Crippen LogP contribution in [0.3, 0.4) is 0 Å². The number of carbonyl (C=O) groups excluding carboxylic acids is 1. The number of carbonyl (C=O) groups is 1. The first-order chi connectivity index (χ1) is 11.8. The third-order valence-electron chi connectivity index (χ3n) is 4.36. The molecule has 2 aromatic rings. The zero-order valence-corrected chi connectivity index (χ0v) is 13.7. The number of hydrogen-bond acceptors (Lipinski definition) is 3. The van der Waals surface area contributed by atoms with Crippen molar-refractivity contribution >= 4 is 11.6 Å². The van der Waals surface area contributed by atoms with Crippen molar-refractivity contribution in [3.8, 4) is 0 Å². The SMILES string of the molecule is O=C(NCCO)c1cccc(NC(Cc2ccccc2)C2CC2)c1. The largest absolute Gasteiger partial charge is 0.395 e. The molecule has 0 spiro atoms. The number of amides is 1. The van der Waals surface area contributed by atoms with Gasteiger partial charge in [0.15, 0.2) is 0 Å². The quantitative estimate of drug-likeness (QED) is 0.700. The average Bonchev–Trinajstić information content (AvgIpc) is 3.45. The Morgan fingerprint density at radius 3 is 2.62 bits per heavy atom. The summed E-state index contributed by atoms with van der Waals surface area (Å²) in [5.41, 5.74) is 2.92. The van der Waals surface area contributed by atoms with E-state index in [4.69, 9.17) is 5.11 Å². The van der Waals surface area contributed by atoms with Crippen LogP contribution in [-0.2, 0) is 6.42 Å². The summed E-state index contributed by atoms with van der Waals surface area (Å²) in [5, 5.41) is 15.1. The minimum atomic E-state index is -0.154. The summed E-state index contributed by atoms with van der Waals surface area (Å²) in [5.74, 6) is 0.552. The van der Waals surface area contributed by atoms with E-state index in [0.717, 1.165) is 12.1 Å². The number of rotatable bonds is 8. The highest BCUT2D eigenvalue weighted by molar-refractivity contribution is 5.95. The number of aliphatic hydroxyl groups excluding tert-OH is 1. The number of benzene rings is 2. The third-order valence-corrected chi connectivity index (χ3v) is 4.36. The highest BCUT2D eigenvalue weighted by Crippen LogP contribution is 2.35. The molecule has 0 saturated heterocycles. The Morgan fingerprint density at radius 1 is 1.12 bits per heavy atom.